The molecule has 1 aromatic carbocycles. The fraction of sp³-hybridized carbons (Fsp3) is 0.333. The van der Waals surface area contributed by atoms with Gasteiger partial charge < -0.3 is 9.30 Å². The van der Waals surface area contributed by atoms with E-state index in [0.717, 1.165) is 23.7 Å². The lowest BCUT2D eigenvalue weighted by molar-refractivity contribution is 0.340. The molecule has 0 aliphatic carbocycles. The van der Waals surface area contributed by atoms with Gasteiger partial charge in [0.1, 0.15) is 5.75 Å². The first-order valence-electron chi connectivity index (χ1n) is 5.64. The Kier molecular flexibility index (Phi) is 3.58. The lowest BCUT2D eigenvalue weighted by Crippen LogP contribution is -1.97. The second kappa shape index (κ2) is 5.14. The van der Waals surface area contributed by atoms with Crippen LogP contribution < -0.4 is 4.74 Å². The smallest absolute Gasteiger partial charge is 0.195 e. The molecule has 0 saturated heterocycles. The SMILES string of the molecule is CCOc1ccc(-c2n[nH]c(=S)n2CC)cc1. The summed E-state index contributed by atoms with van der Waals surface area (Å²) in [5.41, 5.74) is 1.03. The Labute approximate surface area is 105 Å². The number of hydrogen-bond acceptors (Lipinski definition) is 3. The van der Waals surface area contributed by atoms with Gasteiger partial charge in [0.05, 0.1) is 6.61 Å². The molecular formula is C12H15N3OS. The minimum Gasteiger partial charge on any atom is -0.494 e. The van der Waals surface area contributed by atoms with Gasteiger partial charge in [0, 0.05) is 12.1 Å². The average Bonchev–Trinajstić information content (AvgIpc) is 2.72. The summed E-state index contributed by atoms with van der Waals surface area (Å²) < 4.78 is 8.02. The van der Waals surface area contributed by atoms with E-state index in [1.54, 1.807) is 0 Å². The van der Waals surface area contributed by atoms with Crippen molar-refractivity contribution >= 4 is 12.2 Å². The van der Waals surface area contributed by atoms with E-state index in [4.69, 9.17) is 17.0 Å². The van der Waals surface area contributed by atoms with Crippen molar-refractivity contribution in [1.29, 1.82) is 0 Å². The molecule has 0 unspecified atom stereocenters. The molecule has 0 amide bonds. The third kappa shape index (κ3) is 2.39. The number of benzene rings is 1. The van der Waals surface area contributed by atoms with Crippen LogP contribution in [-0.2, 0) is 6.54 Å². The standard InChI is InChI=1S/C12H15N3OS/c1-3-15-11(13-14-12(15)17)9-5-7-10(8-6-9)16-4-2/h5-8H,3-4H2,1-2H3,(H,14,17). The van der Waals surface area contributed by atoms with Gasteiger partial charge in [-0.05, 0) is 50.3 Å². The van der Waals surface area contributed by atoms with E-state index >= 15 is 0 Å². The highest BCUT2D eigenvalue weighted by Crippen LogP contribution is 2.20. The number of aromatic amines is 1. The Bertz CT molecular complexity index is 542. The summed E-state index contributed by atoms with van der Waals surface area (Å²) >= 11 is 5.16. The van der Waals surface area contributed by atoms with E-state index < -0.39 is 0 Å². The summed E-state index contributed by atoms with van der Waals surface area (Å²) in [5, 5.41) is 7.05. The van der Waals surface area contributed by atoms with Gasteiger partial charge in [0.25, 0.3) is 0 Å². The van der Waals surface area contributed by atoms with E-state index in [1.807, 2.05) is 42.7 Å². The number of nitrogens with one attached hydrogen (secondary N) is 1. The van der Waals surface area contributed by atoms with Gasteiger partial charge in [-0.15, -0.1) is 0 Å². The monoisotopic (exact) mass is 249 g/mol. The van der Waals surface area contributed by atoms with Crippen molar-refractivity contribution in [2.75, 3.05) is 6.61 Å². The second-order valence-corrected chi connectivity index (χ2v) is 3.94. The number of aromatic nitrogens is 3. The Hall–Kier alpha value is -1.62. The van der Waals surface area contributed by atoms with Crippen molar-refractivity contribution in [1.82, 2.24) is 14.8 Å². The Morgan fingerprint density at radius 3 is 2.59 bits per heavy atom. The second-order valence-electron chi connectivity index (χ2n) is 3.55. The molecule has 90 valence electrons. The molecule has 5 heteroatoms. The quantitative estimate of drug-likeness (QED) is 0.847. The predicted molar refractivity (Wildman–Crippen MR) is 69.7 cm³/mol. The topological polar surface area (TPSA) is 42.8 Å². The van der Waals surface area contributed by atoms with Crippen LogP contribution >= 0.6 is 12.2 Å². The molecule has 2 rings (SSSR count). The van der Waals surface area contributed by atoms with Crippen LogP contribution in [0.2, 0.25) is 0 Å². The molecule has 0 aliphatic heterocycles. The van der Waals surface area contributed by atoms with Crippen molar-refractivity contribution in [3.63, 3.8) is 0 Å². The van der Waals surface area contributed by atoms with Gasteiger partial charge in [-0.1, -0.05) is 0 Å². The van der Waals surface area contributed by atoms with Gasteiger partial charge in [-0.2, -0.15) is 5.10 Å². The minimum absolute atomic E-state index is 0.649. The van der Waals surface area contributed by atoms with Gasteiger partial charge in [-0.25, -0.2) is 0 Å². The molecule has 1 aromatic heterocycles. The summed E-state index contributed by atoms with van der Waals surface area (Å²) in [6, 6.07) is 7.86. The molecule has 0 radical (unpaired) electrons. The van der Waals surface area contributed by atoms with E-state index in [9.17, 15) is 0 Å². The average molecular weight is 249 g/mol. The van der Waals surface area contributed by atoms with Crippen molar-refractivity contribution in [3.8, 4) is 17.1 Å². The third-order valence-electron chi connectivity index (χ3n) is 2.50. The summed E-state index contributed by atoms with van der Waals surface area (Å²) in [6.07, 6.45) is 0. The molecular weight excluding hydrogens is 234 g/mol. The van der Waals surface area contributed by atoms with Crippen LogP contribution in [-0.4, -0.2) is 21.4 Å². The number of ether oxygens (including phenoxy) is 1. The third-order valence-corrected chi connectivity index (χ3v) is 2.81. The zero-order valence-corrected chi connectivity index (χ0v) is 10.8. The molecule has 4 nitrogen and oxygen atoms in total. The first-order chi connectivity index (χ1) is 8.26. The van der Waals surface area contributed by atoms with E-state index in [2.05, 4.69) is 10.2 Å². The van der Waals surface area contributed by atoms with Gasteiger partial charge in [0.2, 0.25) is 0 Å². The zero-order valence-electron chi connectivity index (χ0n) is 9.93. The maximum atomic E-state index is 5.40. The zero-order chi connectivity index (χ0) is 12.3. The Balaban J connectivity index is 2.36. The van der Waals surface area contributed by atoms with Gasteiger partial charge in [-0.3, -0.25) is 5.10 Å². The Morgan fingerprint density at radius 1 is 1.29 bits per heavy atom. The van der Waals surface area contributed by atoms with Crippen LogP contribution in [0.1, 0.15) is 13.8 Å². The molecule has 0 saturated carbocycles. The molecule has 2 aromatic rings. The Morgan fingerprint density at radius 2 is 2.00 bits per heavy atom. The van der Waals surface area contributed by atoms with Crippen molar-refractivity contribution in [2.45, 2.75) is 20.4 Å². The fourth-order valence-corrected chi connectivity index (χ4v) is 1.96. The molecule has 1 N–H and O–H groups in total. The highest BCUT2D eigenvalue weighted by Gasteiger charge is 2.07. The first-order valence-corrected chi connectivity index (χ1v) is 6.05. The maximum Gasteiger partial charge on any atom is 0.195 e. The molecule has 0 bridgehead atoms. The van der Waals surface area contributed by atoms with E-state index in [1.165, 1.54) is 0 Å². The molecule has 0 fully saturated rings. The largest absolute Gasteiger partial charge is 0.494 e. The first kappa shape index (κ1) is 11.9. The van der Waals surface area contributed by atoms with Gasteiger partial charge >= 0.3 is 0 Å². The van der Waals surface area contributed by atoms with Crippen molar-refractivity contribution in [2.24, 2.45) is 0 Å². The van der Waals surface area contributed by atoms with Crippen LogP contribution in [0.3, 0.4) is 0 Å². The van der Waals surface area contributed by atoms with Crippen LogP contribution in [0.4, 0.5) is 0 Å². The van der Waals surface area contributed by atoms with Crippen LogP contribution in [0, 0.1) is 4.77 Å². The normalized spacial score (nSPS) is 10.5. The maximum absolute atomic E-state index is 5.40. The molecule has 0 spiro atoms. The highest BCUT2D eigenvalue weighted by molar-refractivity contribution is 7.71. The summed E-state index contributed by atoms with van der Waals surface area (Å²) in [5.74, 6) is 1.73. The number of hydrogen-bond donors (Lipinski definition) is 1. The van der Waals surface area contributed by atoms with Crippen molar-refractivity contribution in [3.05, 3.63) is 29.0 Å². The summed E-state index contributed by atoms with van der Waals surface area (Å²) in [7, 11) is 0. The molecule has 1 heterocycles. The lowest BCUT2D eigenvalue weighted by atomic mass is 10.2. The number of H-pyrrole nitrogens is 1. The van der Waals surface area contributed by atoms with Crippen molar-refractivity contribution < 1.29 is 4.74 Å². The van der Waals surface area contributed by atoms with Crippen LogP contribution in [0.5, 0.6) is 5.75 Å². The van der Waals surface area contributed by atoms with E-state index in [-0.39, 0.29) is 0 Å². The fourth-order valence-electron chi connectivity index (χ4n) is 1.70. The summed E-state index contributed by atoms with van der Waals surface area (Å²) in [4.78, 5) is 0. The van der Waals surface area contributed by atoms with Crippen LogP contribution in [0.25, 0.3) is 11.4 Å². The van der Waals surface area contributed by atoms with E-state index in [0.29, 0.717) is 11.4 Å². The molecule has 0 atom stereocenters. The minimum atomic E-state index is 0.649. The predicted octanol–water partition coefficient (Wildman–Crippen LogP) is 3.03. The molecule has 17 heavy (non-hydrogen) atoms. The summed E-state index contributed by atoms with van der Waals surface area (Å²) in [6.45, 7) is 5.49. The number of nitrogens with zero attached hydrogens (tertiary/aromatic N) is 2. The van der Waals surface area contributed by atoms with Crippen LogP contribution in [0.15, 0.2) is 24.3 Å². The lowest BCUT2D eigenvalue weighted by Gasteiger charge is -2.05. The number of rotatable bonds is 4. The highest BCUT2D eigenvalue weighted by atomic mass is 32.1. The van der Waals surface area contributed by atoms with Gasteiger partial charge in [0.15, 0.2) is 10.6 Å². The molecule has 0 aliphatic rings.